The van der Waals surface area contributed by atoms with E-state index in [1.807, 2.05) is 37.3 Å². The number of amides is 2. The molecule has 7 nitrogen and oxygen atoms in total. The Hall–Kier alpha value is -2.67. The molecule has 0 aliphatic carbocycles. The lowest BCUT2D eigenvalue weighted by Gasteiger charge is -2.15. The second-order valence-corrected chi connectivity index (χ2v) is 6.03. The van der Waals surface area contributed by atoms with Crippen molar-refractivity contribution in [1.82, 2.24) is 15.4 Å². The number of ether oxygens (including phenoxy) is 1. The zero-order valence-electron chi connectivity index (χ0n) is 14.3. The number of likely N-dealkylation sites (tertiary alicyclic amines) is 1. The summed E-state index contributed by atoms with van der Waals surface area (Å²) >= 11 is 0. The molecule has 1 aromatic heterocycles. The van der Waals surface area contributed by atoms with Gasteiger partial charge < -0.3 is 19.5 Å². The van der Waals surface area contributed by atoms with E-state index in [1.165, 1.54) is 4.90 Å². The normalized spacial score (nSPS) is 16.9. The molecular formula is C18H21N3O4. The van der Waals surface area contributed by atoms with E-state index in [2.05, 4.69) is 10.5 Å². The van der Waals surface area contributed by atoms with Gasteiger partial charge in [0, 0.05) is 31.3 Å². The van der Waals surface area contributed by atoms with E-state index < -0.39 is 11.8 Å². The average Bonchev–Trinajstić information content (AvgIpc) is 3.26. The van der Waals surface area contributed by atoms with Crippen molar-refractivity contribution in [2.45, 2.75) is 26.0 Å². The summed E-state index contributed by atoms with van der Waals surface area (Å²) in [7, 11) is 1.61. The van der Waals surface area contributed by atoms with Gasteiger partial charge in [0.25, 0.3) is 0 Å². The Labute approximate surface area is 145 Å². The number of aromatic nitrogens is 1. The molecule has 25 heavy (non-hydrogen) atoms. The predicted octanol–water partition coefficient (Wildman–Crippen LogP) is 1.51. The first kappa shape index (κ1) is 17.2. The molecule has 1 atom stereocenters. The van der Waals surface area contributed by atoms with Crippen molar-refractivity contribution in [3.63, 3.8) is 0 Å². The highest BCUT2D eigenvalue weighted by Gasteiger charge is 2.30. The smallest absolute Gasteiger partial charge is 0.311 e. The van der Waals surface area contributed by atoms with Crippen molar-refractivity contribution in [2.75, 3.05) is 20.2 Å². The highest BCUT2D eigenvalue weighted by Crippen LogP contribution is 2.25. The number of hydrogen-bond donors (Lipinski definition) is 1. The Morgan fingerprint density at radius 1 is 1.36 bits per heavy atom. The molecule has 2 heterocycles. The Morgan fingerprint density at radius 3 is 2.80 bits per heavy atom. The highest BCUT2D eigenvalue weighted by atomic mass is 16.5. The van der Waals surface area contributed by atoms with Crippen LogP contribution >= 0.6 is 0 Å². The molecule has 132 valence electrons. The van der Waals surface area contributed by atoms with Gasteiger partial charge in [-0.15, -0.1) is 0 Å². The fourth-order valence-corrected chi connectivity index (χ4v) is 2.88. The van der Waals surface area contributed by atoms with Crippen molar-refractivity contribution >= 4 is 11.8 Å². The van der Waals surface area contributed by atoms with Crippen LogP contribution in [0.15, 0.2) is 34.9 Å². The Balaban J connectivity index is 1.60. The third kappa shape index (κ3) is 3.71. The topological polar surface area (TPSA) is 84.7 Å². The van der Waals surface area contributed by atoms with Crippen LogP contribution in [0, 0.1) is 6.92 Å². The van der Waals surface area contributed by atoms with Crippen LogP contribution in [0.25, 0.3) is 11.3 Å². The standard InChI is InChI=1S/C18H21N3O4/c1-12-15(20-25-16(12)13-6-4-3-5-7-13)10-19-17(22)18(23)21-9-8-14(11-21)24-2/h3-7,14H,8-11H2,1-2H3,(H,19,22). The molecule has 0 saturated carbocycles. The van der Waals surface area contributed by atoms with Crippen LogP contribution in [0.5, 0.6) is 0 Å². The van der Waals surface area contributed by atoms with Gasteiger partial charge in [-0.3, -0.25) is 9.59 Å². The fourth-order valence-electron chi connectivity index (χ4n) is 2.88. The minimum atomic E-state index is -0.639. The van der Waals surface area contributed by atoms with E-state index in [4.69, 9.17) is 9.26 Å². The van der Waals surface area contributed by atoms with Gasteiger partial charge in [-0.1, -0.05) is 35.5 Å². The van der Waals surface area contributed by atoms with E-state index in [0.29, 0.717) is 24.5 Å². The fraction of sp³-hybridized carbons (Fsp3) is 0.389. The summed E-state index contributed by atoms with van der Waals surface area (Å²) in [4.78, 5) is 25.7. The van der Waals surface area contributed by atoms with Gasteiger partial charge in [-0.25, -0.2) is 0 Å². The van der Waals surface area contributed by atoms with Crippen LogP contribution in [-0.2, 0) is 20.9 Å². The van der Waals surface area contributed by atoms with Crippen LogP contribution in [0.3, 0.4) is 0 Å². The minimum Gasteiger partial charge on any atom is -0.380 e. The van der Waals surface area contributed by atoms with Gasteiger partial charge >= 0.3 is 11.8 Å². The van der Waals surface area contributed by atoms with E-state index in [9.17, 15) is 9.59 Å². The molecule has 2 amide bonds. The molecule has 1 aliphatic heterocycles. The SMILES string of the molecule is COC1CCN(C(=O)C(=O)NCc2noc(-c3ccccc3)c2C)C1. The van der Waals surface area contributed by atoms with Gasteiger partial charge in [0.05, 0.1) is 12.6 Å². The van der Waals surface area contributed by atoms with Crippen molar-refractivity contribution in [2.24, 2.45) is 0 Å². The first-order valence-corrected chi connectivity index (χ1v) is 8.20. The van der Waals surface area contributed by atoms with Gasteiger partial charge in [0.1, 0.15) is 5.69 Å². The van der Waals surface area contributed by atoms with E-state index in [1.54, 1.807) is 7.11 Å². The minimum absolute atomic E-state index is 0.00275. The van der Waals surface area contributed by atoms with Crippen molar-refractivity contribution in [1.29, 1.82) is 0 Å². The molecule has 2 aromatic rings. The second kappa shape index (κ2) is 7.48. The van der Waals surface area contributed by atoms with E-state index in [-0.39, 0.29) is 12.6 Å². The molecule has 0 bridgehead atoms. The molecule has 7 heteroatoms. The van der Waals surface area contributed by atoms with Crippen molar-refractivity contribution < 1.29 is 18.8 Å². The number of nitrogens with one attached hydrogen (secondary N) is 1. The second-order valence-electron chi connectivity index (χ2n) is 6.03. The number of hydrogen-bond acceptors (Lipinski definition) is 5. The summed E-state index contributed by atoms with van der Waals surface area (Å²) in [6.45, 7) is 3.01. The van der Waals surface area contributed by atoms with E-state index >= 15 is 0 Å². The molecule has 1 saturated heterocycles. The number of carbonyl (C=O) groups is 2. The Kier molecular flexibility index (Phi) is 5.14. The molecule has 1 aromatic carbocycles. The largest absolute Gasteiger partial charge is 0.380 e. The molecule has 0 radical (unpaired) electrons. The van der Waals surface area contributed by atoms with Crippen LogP contribution in [0.4, 0.5) is 0 Å². The van der Waals surface area contributed by atoms with Gasteiger partial charge in [-0.2, -0.15) is 0 Å². The Bertz CT molecular complexity index is 757. The lowest BCUT2D eigenvalue weighted by atomic mass is 10.1. The molecule has 1 unspecified atom stereocenters. The summed E-state index contributed by atoms with van der Waals surface area (Å²) in [5, 5.41) is 6.63. The number of nitrogens with zero attached hydrogens (tertiary/aromatic N) is 2. The van der Waals surface area contributed by atoms with Crippen LogP contribution < -0.4 is 5.32 Å². The number of methoxy groups -OCH3 is 1. The molecule has 1 aliphatic rings. The number of benzene rings is 1. The van der Waals surface area contributed by atoms with Crippen molar-refractivity contribution in [3.05, 3.63) is 41.6 Å². The van der Waals surface area contributed by atoms with E-state index in [0.717, 1.165) is 17.5 Å². The molecule has 3 rings (SSSR count). The maximum Gasteiger partial charge on any atom is 0.311 e. The van der Waals surface area contributed by atoms with Crippen LogP contribution in [-0.4, -0.2) is 48.2 Å². The molecular weight excluding hydrogens is 322 g/mol. The summed E-state index contributed by atoms with van der Waals surface area (Å²) in [5.74, 6) is -0.511. The van der Waals surface area contributed by atoms with Gasteiger partial charge in [0.15, 0.2) is 5.76 Å². The summed E-state index contributed by atoms with van der Waals surface area (Å²) in [6, 6.07) is 9.62. The molecule has 0 spiro atoms. The molecule has 1 N–H and O–H groups in total. The molecule has 1 fully saturated rings. The summed E-state index contributed by atoms with van der Waals surface area (Å²) < 4.78 is 10.6. The highest BCUT2D eigenvalue weighted by molar-refractivity contribution is 6.35. The first-order chi connectivity index (χ1) is 12.1. The lowest BCUT2D eigenvalue weighted by molar-refractivity contribution is -0.145. The number of rotatable bonds is 4. The predicted molar refractivity (Wildman–Crippen MR) is 90.5 cm³/mol. The summed E-state index contributed by atoms with van der Waals surface area (Å²) in [5.41, 5.74) is 2.37. The third-order valence-electron chi connectivity index (χ3n) is 4.43. The number of carbonyl (C=O) groups excluding carboxylic acids is 2. The average molecular weight is 343 g/mol. The quantitative estimate of drug-likeness (QED) is 0.851. The zero-order valence-corrected chi connectivity index (χ0v) is 14.3. The monoisotopic (exact) mass is 343 g/mol. The van der Waals surface area contributed by atoms with Gasteiger partial charge in [-0.05, 0) is 13.3 Å². The maximum absolute atomic E-state index is 12.2. The van der Waals surface area contributed by atoms with Crippen LogP contribution in [0.2, 0.25) is 0 Å². The Morgan fingerprint density at radius 2 is 2.12 bits per heavy atom. The zero-order chi connectivity index (χ0) is 17.8. The van der Waals surface area contributed by atoms with Crippen LogP contribution in [0.1, 0.15) is 17.7 Å². The third-order valence-corrected chi connectivity index (χ3v) is 4.43. The first-order valence-electron chi connectivity index (χ1n) is 8.20. The summed E-state index contributed by atoms with van der Waals surface area (Å²) in [6.07, 6.45) is 0.751. The van der Waals surface area contributed by atoms with Gasteiger partial charge in [0.2, 0.25) is 0 Å². The van der Waals surface area contributed by atoms with Crippen molar-refractivity contribution in [3.8, 4) is 11.3 Å². The maximum atomic E-state index is 12.2. The lowest BCUT2D eigenvalue weighted by Crippen LogP contribution is -2.42.